The molecule has 4 nitrogen and oxygen atoms in total. The zero-order chi connectivity index (χ0) is 12.7. The molecule has 1 rings (SSSR count). The lowest BCUT2D eigenvalue weighted by Gasteiger charge is -2.21. The maximum Gasteiger partial charge on any atom is 0.0625 e. The predicted octanol–water partition coefficient (Wildman–Crippen LogP) is 1.54. The van der Waals surface area contributed by atoms with Gasteiger partial charge in [0.1, 0.15) is 0 Å². The highest BCUT2D eigenvalue weighted by molar-refractivity contribution is 5.10. The summed E-state index contributed by atoms with van der Waals surface area (Å²) in [6, 6.07) is 2.21. The minimum atomic E-state index is 0.770. The average molecular weight is 238 g/mol. The lowest BCUT2D eigenvalue weighted by Crippen LogP contribution is -2.27. The molecule has 0 unspecified atom stereocenters. The summed E-state index contributed by atoms with van der Waals surface area (Å²) in [5, 5.41) is 4.49. The van der Waals surface area contributed by atoms with E-state index in [1.807, 2.05) is 11.7 Å². The van der Waals surface area contributed by atoms with Crippen LogP contribution in [0.4, 0.5) is 0 Å². The zero-order valence-electron chi connectivity index (χ0n) is 11.4. The fourth-order valence-corrected chi connectivity index (χ4v) is 2.02. The van der Waals surface area contributed by atoms with Crippen molar-refractivity contribution in [2.75, 3.05) is 19.6 Å². The molecule has 0 aliphatic rings. The van der Waals surface area contributed by atoms with Crippen LogP contribution in [0.3, 0.4) is 0 Å². The van der Waals surface area contributed by atoms with Gasteiger partial charge in [-0.05, 0) is 45.0 Å². The van der Waals surface area contributed by atoms with E-state index in [9.17, 15) is 0 Å². The predicted molar refractivity (Wildman–Crippen MR) is 71.8 cm³/mol. The van der Waals surface area contributed by atoms with Gasteiger partial charge in [-0.3, -0.25) is 9.58 Å². The van der Waals surface area contributed by atoms with E-state index in [2.05, 4.69) is 29.9 Å². The second-order valence-corrected chi connectivity index (χ2v) is 4.52. The van der Waals surface area contributed by atoms with Gasteiger partial charge in [0.05, 0.1) is 11.4 Å². The molecule has 0 fully saturated rings. The molecule has 2 N–H and O–H groups in total. The van der Waals surface area contributed by atoms with E-state index in [0.29, 0.717) is 0 Å². The fourth-order valence-electron chi connectivity index (χ4n) is 2.02. The molecule has 1 heterocycles. The van der Waals surface area contributed by atoms with Gasteiger partial charge in [-0.15, -0.1) is 0 Å². The third-order valence-corrected chi connectivity index (χ3v) is 2.99. The third kappa shape index (κ3) is 4.48. The molecule has 4 heteroatoms. The van der Waals surface area contributed by atoms with Crippen molar-refractivity contribution in [1.82, 2.24) is 14.7 Å². The Morgan fingerprint density at radius 1 is 1.35 bits per heavy atom. The van der Waals surface area contributed by atoms with Crippen molar-refractivity contribution >= 4 is 0 Å². The summed E-state index contributed by atoms with van der Waals surface area (Å²) in [6.45, 7) is 8.33. The van der Waals surface area contributed by atoms with E-state index in [0.717, 1.165) is 39.0 Å². The molecule has 1 aromatic rings. The number of nitrogens with zero attached hydrogens (tertiary/aromatic N) is 3. The van der Waals surface area contributed by atoms with Gasteiger partial charge in [0.15, 0.2) is 0 Å². The van der Waals surface area contributed by atoms with Crippen molar-refractivity contribution in [3.05, 3.63) is 17.5 Å². The molecule has 0 spiro atoms. The number of aryl methyl sites for hydroxylation is 2. The van der Waals surface area contributed by atoms with E-state index < -0.39 is 0 Å². The van der Waals surface area contributed by atoms with Crippen molar-refractivity contribution in [2.24, 2.45) is 12.8 Å². The van der Waals surface area contributed by atoms with Gasteiger partial charge < -0.3 is 5.73 Å². The van der Waals surface area contributed by atoms with Crippen LogP contribution in [0.1, 0.15) is 38.1 Å². The highest BCUT2D eigenvalue weighted by atomic mass is 15.3. The van der Waals surface area contributed by atoms with E-state index >= 15 is 0 Å². The molecule has 0 atom stereocenters. The van der Waals surface area contributed by atoms with Gasteiger partial charge in [0.25, 0.3) is 0 Å². The summed E-state index contributed by atoms with van der Waals surface area (Å²) in [6.07, 6.45) is 3.26. The maximum atomic E-state index is 5.58. The third-order valence-electron chi connectivity index (χ3n) is 2.99. The average Bonchev–Trinajstić information content (AvgIpc) is 2.67. The Bertz CT molecular complexity index is 319. The van der Waals surface area contributed by atoms with Gasteiger partial charge in [-0.25, -0.2) is 0 Å². The smallest absolute Gasteiger partial charge is 0.0625 e. The van der Waals surface area contributed by atoms with Crippen LogP contribution in [0.25, 0.3) is 0 Å². The molecule has 0 saturated heterocycles. The van der Waals surface area contributed by atoms with E-state index in [1.165, 1.54) is 17.8 Å². The van der Waals surface area contributed by atoms with E-state index in [1.54, 1.807) is 0 Å². The molecule has 0 aliphatic heterocycles. The van der Waals surface area contributed by atoms with E-state index in [4.69, 9.17) is 5.73 Å². The second-order valence-electron chi connectivity index (χ2n) is 4.52. The Morgan fingerprint density at radius 3 is 2.65 bits per heavy atom. The molecular formula is C13H26N4. The SMILES string of the molecule is CCCN(CCCN)Cc1cc(CC)nn1C. The molecule has 0 amide bonds. The van der Waals surface area contributed by atoms with Crippen LogP contribution in [0.15, 0.2) is 6.07 Å². The molecule has 0 aliphatic carbocycles. The lowest BCUT2D eigenvalue weighted by molar-refractivity contribution is 0.257. The van der Waals surface area contributed by atoms with Crippen molar-refractivity contribution in [2.45, 2.75) is 39.7 Å². The lowest BCUT2D eigenvalue weighted by atomic mass is 10.2. The Morgan fingerprint density at radius 2 is 2.12 bits per heavy atom. The van der Waals surface area contributed by atoms with Gasteiger partial charge >= 0.3 is 0 Å². The fraction of sp³-hybridized carbons (Fsp3) is 0.769. The van der Waals surface area contributed by atoms with Crippen LogP contribution >= 0.6 is 0 Å². The number of aromatic nitrogens is 2. The highest BCUT2D eigenvalue weighted by Gasteiger charge is 2.09. The molecule has 0 saturated carbocycles. The zero-order valence-corrected chi connectivity index (χ0v) is 11.4. The minimum absolute atomic E-state index is 0.770. The van der Waals surface area contributed by atoms with Crippen LogP contribution in [-0.4, -0.2) is 34.3 Å². The highest BCUT2D eigenvalue weighted by Crippen LogP contribution is 2.08. The first-order valence-electron chi connectivity index (χ1n) is 6.65. The summed E-state index contributed by atoms with van der Waals surface area (Å²) < 4.78 is 2.00. The van der Waals surface area contributed by atoms with Crippen molar-refractivity contribution in [1.29, 1.82) is 0 Å². The largest absolute Gasteiger partial charge is 0.330 e. The van der Waals surface area contributed by atoms with Crippen molar-refractivity contribution in [3.63, 3.8) is 0 Å². The number of nitrogens with two attached hydrogens (primary N) is 1. The number of hydrogen-bond donors (Lipinski definition) is 1. The summed E-state index contributed by atoms with van der Waals surface area (Å²) in [4.78, 5) is 2.46. The van der Waals surface area contributed by atoms with Crippen LogP contribution in [-0.2, 0) is 20.0 Å². The van der Waals surface area contributed by atoms with Crippen LogP contribution in [0.2, 0.25) is 0 Å². The Kier molecular flexibility index (Phi) is 6.22. The van der Waals surface area contributed by atoms with Gasteiger partial charge in [0.2, 0.25) is 0 Å². The van der Waals surface area contributed by atoms with Gasteiger partial charge in [-0.1, -0.05) is 13.8 Å². The molecule has 17 heavy (non-hydrogen) atoms. The molecule has 0 radical (unpaired) electrons. The maximum absolute atomic E-state index is 5.58. The first kappa shape index (κ1) is 14.2. The molecular weight excluding hydrogens is 212 g/mol. The van der Waals surface area contributed by atoms with E-state index in [-0.39, 0.29) is 0 Å². The van der Waals surface area contributed by atoms with Gasteiger partial charge in [0, 0.05) is 13.6 Å². The first-order valence-corrected chi connectivity index (χ1v) is 6.65. The second kappa shape index (κ2) is 7.45. The molecule has 0 bridgehead atoms. The van der Waals surface area contributed by atoms with Gasteiger partial charge in [-0.2, -0.15) is 5.10 Å². The summed E-state index contributed by atoms with van der Waals surface area (Å²) >= 11 is 0. The Hall–Kier alpha value is -0.870. The standard InChI is InChI=1S/C13H26N4/c1-4-8-17(9-6-7-14)11-13-10-12(5-2)15-16(13)3/h10H,4-9,11,14H2,1-3H3. The van der Waals surface area contributed by atoms with Crippen LogP contribution in [0, 0.1) is 0 Å². The first-order chi connectivity index (χ1) is 8.21. The van der Waals surface area contributed by atoms with Crippen LogP contribution in [0.5, 0.6) is 0 Å². The molecule has 1 aromatic heterocycles. The Labute approximate surface area is 105 Å². The molecule has 0 aromatic carbocycles. The number of rotatable bonds is 8. The normalized spacial score (nSPS) is 11.4. The summed E-state index contributed by atoms with van der Waals surface area (Å²) in [5.41, 5.74) is 8.05. The van der Waals surface area contributed by atoms with Crippen molar-refractivity contribution < 1.29 is 0 Å². The quantitative estimate of drug-likeness (QED) is 0.747. The summed E-state index contributed by atoms with van der Waals surface area (Å²) in [7, 11) is 2.03. The van der Waals surface area contributed by atoms with Crippen LogP contribution < -0.4 is 5.73 Å². The molecule has 98 valence electrons. The number of hydrogen-bond acceptors (Lipinski definition) is 3. The Balaban J connectivity index is 2.60. The summed E-state index contributed by atoms with van der Waals surface area (Å²) in [5.74, 6) is 0. The van der Waals surface area contributed by atoms with Crippen molar-refractivity contribution in [3.8, 4) is 0 Å². The topological polar surface area (TPSA) is 47.1 Å². The minimum Gasteiger partial charge on any atom is -0.330 e. The monoisotopic (exact) mass is 238 g/mol.